The van der Waals surface area contributed by atoms with Crippen LogP contribution < -0.4 is 4.74 Å². The van der Waals surface area contributed by atoms with Gasteiger partial charge in [0.1, 0.15) is 12.4 Å². The largest absolute Gasteiger partial charge is 0.497 e. The Morgan fingerprint density at radius 2 is 1.71 bits per heavy atom. The van der Waals surface area contributed by atoms with Crippen LogP contribution in [-0.4, -0.2) is 116 Å². The summed E-state index contributed by atoms with van der Waals surface area (Å²) in [6, 6.07) is 12.5. The van der Waals surface area contributed by atoms with Gasteiger partial charge >= 0.3 is 11.9 Å². The Kier molecular flexibility index (Phi) is 9.03. The molecule has 3 aliphatic rings. The molecular formula is C31H40N4O6. The lowest BCUT2D eigenvalue weighted by molar-refractivity contribution is -0.137. The highest BCUT2D eigenvalue weighted by Crippen LogP contribution is 2.48. The summed E-state index contributed by atoms with van der Waals surface area (Å²) in [5.41, 5.74) is 2.45. The van der Waals surface area contributed by atoms with Gasteiger partial charge in [0.15, 0.2) is 0 Å². The lowest BCUT2D eigenvalue weighted by atomic mass is 9.70. The molecule has 220 valence electrons. The van der Waals surface area contributed by atoms with Crippen molar-refractivity contribution in [2.45, 2.75) is 31.8 Å². The molecule has 0 aliphatic carbocycles. The number of esters is 1. The number of hydrogen-bond donors (Lipinski definition) is 1. The number of ether oxygens (including phenoxy) is 3. The summed E-state index contributed by atoms with van der Waals surface area (Å²) in [5, 5.41) is 9.85. The van der Waals surface area contributed by atoms with Gasteiger partial charge in [-0.1, -0.05) is 12.1 Å². The SMILES string of the molecule is COc1ccc2c(c1)C(CC(=O)O)(c1ccc(C(=O)OCCN3CCN(C(C)N4CCOCC4)CC3)cc1)C(C)=N2. The quantitative estimate of drug-likeness (QED) is 0.436. The number of methoxy groups -OCH3 is 1. The van der Waals surface area contributed by atoms with Crippen LogP contribution in [0.5, 0.6) is 5.75 Å². The van der Waals surface area contributed by atoms with Crippen molar-refractivity contribution < 1.29 is 28.9 Å². The molecule has 3 heterocycles. The van der Waals surface area contributed by atoms with E-state index >= 15 is 0 Å². The van der Waals surface area contributed by atoms with Crippen LogP contribution in [0.15, 0.2) is 47.5 Å². The van der Waals surface area contributed by atoms with Crippen molar-refractivity contribution >= 4 is 23.3 Å². The van der Waals surface area contributed by atoms with Crippen molar-refractivity contribution in [3.8, 4) is 5.75 Å². The number of carboxylic acids is 1. The zero-order valence-corrected chi connectivity index (χ0v) is 24.2. The number of carbonyl (C=O) groups is 2. The Morgan fingerprint density at radius 3 is 2.37 bits per heavy atom. The monoisotopic (exact) mass is 564 g/mol. The Balaban J connectivity index is 1.17. The summed E-state index contributed by atoms with van der Waals surface area (Å²) in [7, 11) is 1.58. The molecule has 0 radical (unpaired) electrons. The number of fused-ring (bicyclic) bond motifs is 1. The number of piperazine rings is 1. The summed E-state index contributed by atoms with van der Waals surface area (Å²) in [4.78, 5) is 36.9. The molecule has 5 rings (SSSR count). The highest BCUT2D eigenvalue weighted by atomic mass is 16.5. The smallest absolute Gasteiger partial charge is 0.338 e. The fourth-order valence-corrected chi connectivity index (χ4v) is 6.25. The minimum atomic E-state index is -0.945. The summed E-state index contributed by atoms with van der Waals surface area (Å²) < 4.78 is 16.5. The first-order valence-electron chi connectivity index (χ1n) is 14.3. The van der Waals surface area contributed by atoms with Crippen molar-refractivity contribution in [2.24, 2.45) is 4.99 Å². The fourth-order valence-electron chi connectivity index (χ4n) is 6.25. The number of carbonyl (C=O) groups excluding carboxylic acids is 1. The minimum absolute atomic E-state index is 0.162. The second-order valence-corrected chi connectivity index (χ2v) is 10.9. The number of morpholine rings is 1. The van der Waals surface area contributed by atoms with E-state index in [1.54, 1.807) is 19.2 Å². The van der Waals surface area contributed by atoms with E-state index in [1.165, 1.54) is 0 Å². The van der Waals surface area contributed by atoms with Crippen LogP contribution >= 0.6 is 0 Å². The van der Waals surface area contributed by atoms with Crippen LogP contribution in [-0.2, 0) is 19.7 Å². The molecule has 1 N–H and O–H groups in total. The fraction of sp³-hybridized carbons (Fsp3) is 0.516. The maximum Gasteiger partial charge on any atom is 0.338 e. The van der Waals surface area contributed by atoms with Gasteiger partial charge in [0.2, 0.25) is 0 Å². The first kappa shape index (κ1) is 29.2. The molecular weight excluding hydrogens is 524 g/mol. The Hall–Kier alpha value is -3.31. The predicted molar refractivity (Wildman–Crippen MR) is 155 cm³/mol. The lowest BCUT2D eigenvalue weighted by Gasteiger charge is -2.43. The molecule has 2 fully saturated rings. The first-order valence-corrected chi connectivity index (χ1v) is 14.3. The van der Waals surface area contributed by atoms with E-state index in [4.69, 9.17) is 14.2 Å². The van der Waals surface area contributed by atoms with E-state index in [-0.39, 0.29) is 12.4 Å². The van der Waals surface area contributed by atoms with Gasteiger partial charge < -0.3 is 19.3 Å². The average Bonchev–Trinajstić information content (AvgIpc) is 3.27. The summed E-state index contributed by atoms with van der Waals surface area (Å²) >= 11 is 0. The summed E-state index contributed by atoms with van der Waals surface area (Å²) in [6.07, 6.45) is 0.247. The van der Waals surface area contributed by atoms with Crippen molar-refractivity contribution in [1.29, 1.82) is 0 Å². The molecule has 2 aromatic rings. The van der Waals surface area contributed by atoms with E-state index in [0.29, 0.717) is 36.3 Å². The third-order valence-electron chi connectivity index (χ3n) is 8.75. The minimum Gasteiger partial charge on any atom is -0.497 e. The highest BCUT2D eigenvalue weighted by molar-refractivity contribution is 6.05. The maximum atomic E-state index is 12.8. The molecule has 0 amide bonds. The third-order valence-corrected chi connectivity index (χ3v) is 8.75. The van der Waals surface area contributed by atoms with Crippen molar-refractivity contribution in [1.82, 2.24) is 14.7 Å². The zero-order valence-electron chi connectivity index (χ0n) is 24.2. The molecule has 10 heteroatoms. The number of aliphatic imine (C=N–C) groups is 1. The Morgan fingerprint density at radius 1 is 1.02 bits per heavy atom. The molecule has 3 aliphatic heterocycles. The zero-order chi connectivity index (χ0) is 29.0. The van der Waals surface area contributed by atoms with Crippen LogP contribution in [0.3, 0.4) is 0 Å². The molecule has 2 aromatic carbocycles. The number of nitrogens with zero attached hydrogens (tertiary/aromatic N) is 4. The van der Waals surface area contributed by atoms with E-state index in [1.807, 2.05) is 37.3 Å². The van der Waals surface area contributed by atoms with Gasteiger partial charge in [-0.25, -0.2) is 4.79 Å². The first-order chi connectivity index (χ1) is 19.8. The van der Waals surface area contributed by atoms with Crippen LogP contribution in [0, 0.1) is 0 Å². The Bertz CT molecular complexity index is 1270. The maximum absolute atomic E-state index is 12.8. The van der Waals surface area contributed by atoms with Gasteiger partial charge in [-0.2, -0.15) is 0 Å². The molecule has 0 aromatic heterocycles. The van der Waals surface area contributed by atoms with Gasteiger partial charge in [-0.15, -0.1) is 0 Å². The molecule has 2 unspecified atom stereocenters. The van der Waals surface area contributed by atoms with Crippen molar-refractivity contribution in [3.63, 3.8) is 0 Å². The Labute approximate surface area is 241 Å². The number of aliphatic carboxylic acids is 1. The highest BCUT2D eigenvalue weighted by Gasteiger charge is 2.45. The summed E-state index contributed by atoms with van der Waals surface area (Å²) in [6.45, 7) is 12.6. The topological polar surface area (TPSA) is 104 Å². The van der Waals surface area contributed by atoms with Crippen molar-refractivity contribution in [2.75, 3.05) is 72.7 Å². The molecule has 0 bridgehead atoms. The normalized spacial score (nSPS) is 22.6. The molecule has 0 spiro atoms. The van der Waals surface area contributed by atoms with E-state index in [9.17, 15) is 14.7 Å². The third kappa shape index (κ3) is 6.16. The molecule has 0 saturated carbocycles. The van der Waals surface area contributed by atoms with Crippen LogP contribution in [0.4, 0.5) is 5.69 Å². The van der Waals surface area contributed by atoms with Crippen LogP contribution in [0.1, 0.15) is 41.8 Å². The molecule has 2 saturated heterocycles. The van der Waals surface area contributed by atoms with Gasteiger partial charge in [-0.3, -0.25) is 24.5 Å². The van der Waals surface area contributed by atoms with Crippen molar-refractivity contribution in [3.05, 3.63) is 59.2 Å². The lowest BCUT2D eigenvalue weighted by Crippen LogP contribution is -2.57. The van der Waals surface area contributed by atoms with Crippen LogP contribution in [0.25, 0.3) is 0 Å². The number of rotatable bonds is 10. The van der Waals surface area contributed by atoms with E-state index < -0.39 is 11.4 Å². The van der Waals surface area contributed by atoms with E-state index in [0.717, 1.165) is 69.3 Å². The second kappa shape index (κ2) is 12.7. The number of hydrogen-bond acceptors (Lipinski definition) is 9. The van der Waals surface area contributed by atoms with Gasteiger partial charge in [0.05, 0.1) is 49.6 Å². The number of benzene rings is 2. The average molecular weight is 565 g/mol. The second-order valence-electron chi connectivity index (χ2n) is 10.9. The van der Waals surface area contributed by atoms with Gasteiger partial charge in [0.25, 0.3) is 0 Å². The van der Waals surface area contributed by atoms with E-state index in [2.05, 4.69) is 26.6 Å². The summed E-state index contributed by atoms with van der Waals surface area (Å²) in [5.74, 6) is -0.686. The predicted octanol–water partition coefficient (Wildman–Crippen LogP) is 3.01. The van der Waals surface area contributed by atoms with Gasteiger partial charge in [0, 0.05) is 51.5 Å². The molecule has 10 nitrogen and oxygen atoms in total. The molecule has 41 heavy (non-hydrogen) atoms. The van der Waals surface area contributed by atoms with Gasteiger partial charge in [-0.05, 0) is 55.3 Å². The standard InChI is InChI=1S/C31H40N4O6/c1-22-31(21-29(36)37,27-20-26(39-3)8-9-28(27)32-22)25-6-4-24(5-7-25)30(38)41-19-14-33-10-12-34(13-11-33)23(2)35-15-17-40-18-16-35/h4-9,20,23H,10-19,21H2,1-3H3,(H,36,37). The van der Waals surface area contributed by atoms with Crippen LogP contribution in [0.2, 0.25) is 0 Å². The number of carboxylic acid groups (broad SMARTS) is 1. The molecule has 2 atom stereocenters.